The topological polar surface area (TPSA) is 135 Å². The summed E-state index contributed by atoms with van der Waals surface area (Å²) in [6.45, 7) is 1.65. The van der Waals surface area contributed by atoms with Crippen molar-refractivity contribution in [3.63, 3.8) is 0 Å². The zero-order valence-electron chi connectivity index (χ0n) is 15.4. The average molecular weight is 429 g/mol. The van der Waals surface area contributed by atoms with E-state index in [0.717, 1.165) is 23.1 Å². The number of nitriles is 1. The van der Waals surface area contributed by atoms with Crippen LogP contribution < -0.4 is 20.4 Å². The summed E-state index contributed by atoms with van der Waals surface area (Å²) >= 11 is 1.99. The molecule has 0 atom stereocenters. The van der Waals surface area contributed by atoms with Gasteiger partial charge in [-0.1, -0.05) is 22.9 Å². The Labute approximate surface area is 173 Å². The highest BCUT2D eigenvalue weighted by Gasteiger charge is 2.22. The van der Waals surface area contributed by atoms with Gasteiger partial charge in [-0.15, -0.1) is 11.3 Å². The highest BCUT2D eigenvalue weighted by atomic mass is 32.2. The van der Waals surface area contributed by atoms with Crippen molar-refractivity contribution >= 4 is 45.6 Å². The molecule has 0 bridgehead atoms. The normalized spacial score (nSPS) is 10.4. The van der Waals surface area contributed by atoms with Crippen molar-refractivity contribution in [2.75, 3.05) is 16.4 Å². The molecular weight excluding hydrogens is 414 g/mol. The molecule has 2 N–H and O–H groups in total. The van der Waals surface area contributed by atoms with Gasteiger partial charge in [0.25, 0.3) is 10.9 Å². The molecule has 3 aromatic rings. The Bertz CT molecular complexity index is 1080. The molecule has 29 heavy (non-hydrogen) atoms. The molecule has 0 unspecified atom stereocenters. The number of hydrogen-bond donors (Lipinski definition) is 2. The first-order chi connectivity index (χ1) is 13.9. The average Bonchev–Trinajstić information content (AvgIpc) is 3.19. The lowest BCUT2D eigenvalue weighted by atomic mass is 10.1. The van der Waals surface area contributed by atoms with E-state index in [0.29, 0.717) is 16.1 Å². The summed E-state index contributed by atoms with van der Waals surface area (Å²) in [6.07, 6.45) is 0. The second-order valence-electron chi connectivity index (χ2n) is 5.82. The lowest BCUT2D eigenvalue weighted by Gasteiger charge is -2.03. The number of aryl methyl sites for hydroxylation is 1. The zero-order chi connectivity index (χ0) is 21.0. The number of benzene rings is 1. The van der Waals surface area contributed by atoms with E-state index in [1.807, 2.05) is 12.1 Å². The molecule has 0 fully saturated rings. The number of nitrogens with zero attached hydrogens (tertiary/aromatic N) is 3. The molecule has 0 saturated carbocycles. The van der Waals surface area contributed by atoms with Crippen molar-refractivity contribution in [1.29, 1.82) is 5.26 Å². The Morgan fingerprint density at radius 2 is 2.07 bits per heavy atom. The van der Waals surface area contributed by atoms with Gasteiger partial charge in [-0.05, 0) is 36.4 Å². The smallest absolute Gasteiger partial charge is 0.291 e. The minimum absolute atomic E-state index is 0.0857. The Balaban J connectivity index is 1.72. The van der Waals surface area contributed by atoms with Crippen LogP contribution in [-0.2, 0) is 11.8 Å². The Morgan fingerprint density at radius 3 is 2.69 bits per heavy atom. The number of hydrogen-bond acceptors (Lipinski definition) is 8. The van der Waals surface area contributed by atoms with Gasteiger partial charge in [0.05, 0.1) is 21.5 Å². The number of carbonyl (C=O) groups is 2. The molecule has 0 aliphatic carbocycles. The van der Waals surface area contributed by atoms with Gasteiger partial charge in [-0.25, -0.2) is 0 Å². The molecule has 0 radical (unpaired) electrons. The summed E-state index contributed by atoms with van der Waals surface area (Å²) in [7, 11) is 1.53. The maximum absolute atomic E-state index is 12.6. The van der Waals surface area contributed by atoms with Gasteiger partial charge in [-0.3, -0.25) is 9.59 Å². The third-order valence-electron chi connectivity index (χ3n) is 3.80. The van der Waals surface area contributed by atoms with Crippen LogP contribution in [0.1, 0.15) is 20.8 Å². The predicted molar refractivity (Wildman–Crippen MR) is 105 cm³/mol. The Morgan fingerprint density at radius 1 is 1.34 bits per heavy atom. The van der Waals surface area contributed by atoms with Crippen molar-refractivity contribution in [1.82, 2.24) is 5.27 Å². The number of rotatable bonds is 6. The number of thioether (sulfide) groups is 1. The molecule has 2 aromatic heterocycles. The number of anilines is 2. The predicted octanol–water partition coefficient (Wildman–Crippen LogP) is 1.80. The SMILES string of the molecule is Cc1c(C(=O)Nc2ccccc2)sc(NC(=O)CSc2c([O-])on[n+]2C)c1C#N. The zero-order valence-corrected chi connectivity index (χ0v) is 17.0. The number of aromatic nitrogens is 2. The first-order valence-corrected chi connectivity index (χ1v) is 10.1. The third kappa shape index (κ3) is 4.56. The fourth-order valence-corrected chi connectivity index (χ4v) is 4.20. The fourth-order valence-electron chi connectivity index (χ4n) is 2.42. The van der Waals surface area contributed by atoms with E-state index in [-0.39, 0.29) is 27.3 Å². The summed E-state index contributed by atoms with van der Waals surface area (Å²) in [5.41, 5.74) is 1.34. The lowest BCUT2D eigenvalue weighted by Crippen LogP contribution is -2.32. The van der Waals surface area contributed by atoms with Gasteiger partial charge in [0.1, 0.15) is 11.1 Å². The van der Waals surface area contributed by atoms with Crippen LogP contribution in [0, 0.1) is 18.3 Å². The van der Waals surface area contributed by atoms with Gasteiger partial charge < -0.3 is 20.3 Å². The number of nitrogens with one attached hydrogen (secondary N) is 2. The third-order valence-corrected chi connectivity index (χ3v) is 6.12. The molecule has 9 nitrogen and oxygen atoms in total. The van der Waals surface area contributed by atoms with E-state index in [1.54, 1.807) is 31.2 Å². The van der Waals surface area contributed by atoms with Gasteiger partial charge in [0.15, 0.2) is 13.0 Å². The van der Waals surface area contributed by atoms with Gasteiger partial charge >= 0.3 is 0 Å². The summed E-state index contributed by atoms with van der Waals surface area (Å²) in [5, 5.41) is 30.3. The lowest BCUT2D eigenvalue weighted by molar-refractivity contribution is -0.772. The van der Waals surface area contributed by atoms with Gasteiger partial charge in [0.2, 0.25) is 5.91 Å². The maximum Gasteiger partial charge on any atom is 0.291 e. The van der Waals surface area contributed by atoms with E-state index >= 15 is 0 Å². The van der Waals surface area contributed by atoms with Crippen LogP contribution in [-0.4, -0.2) is 22.8 Å². The van der Waals surface area contributed by atoms with Crippen LogP contribution in [0.3, 0.4) is 0 Å². The van der Waals surface area contributed by atoms with E-state index in [4.69, 9.17) is 0 Å². The van der Waals surface area contributed by atoms with Crippen LogP contribution in [0.5, 0.6) is 5.95 Å². The van der Waals surface area contributed by atoms with Crippen molar-refractivity contribution in [2.45, 2.75) is 11.9 Å². The van der Waals surface area contributed by atoms with Gasteiger partial charge in [0, 0.05) is 5.69 Å². The monoisotopic (exact) mass is 429 g/mol. The van der Waals surface area contributed by atoms with Crippen LogP contribution in [0.4, 0.5) is 10.7 Å². The maximum atomic E-state index is 12.6. The molecule has 0 saturated heterocycles. The van der Waals surface area contributed by atoms with E-state index < -0.39 is 11.9 Å². The second-order valence-corrected chi connectivity index (χ2v) is 7.80. The minimum atomic E-state index is -0.630. The van der Waals surface area contributed by atoms with Crippen molar-refractivity contribution in [3.8, 4) is 12.0 Å². The standard InChI is InChI=1S/C18H15N5O4S2/c1-10-12(8-19)16(21-13(24)9-28-17-18(26)27-22-23(17)2)29-14(10)15(25)20-11-6-4-3-5-7-11/h3-7H,9H2,1-2H3,(H2-,20,21,22,24,25,26). The second kappa shape index (κ2) is 8.76. The molecule has 148 valence electrons. The van der Waals surface area contributed by atoms with E-state index in [1.165, 1.54) is 11.7 Å². The summed E-state index contributed by atoms with van der Waals surface area (Å²) < 4.78 is 5.73. The quantitative estimate of drug-likeness (QED) is 0.450. The van der Waals surface area contributed by atoms with Crippen LogP contribution in [0.15, 0.2) is 39.9 Å². The number of amides is 2. The van der Waals surface area contributed by atoms with Crippen molar-refractivity contribution in [3.05, 3.63) is 46.3 Å². The molecular formula is C18H15N5O4S2. The highest BCUT2D eigenvalue weighted by Crippen LogP contribution is 2.33. The minimum Gasteiger partial charge on any atom is -0.538 e. The Kier molecular flexibility index (Phi) is 6.16. The molecule has 2 amide bonds. The van der Waals surface area contributed by atoms with Crippen LogP contribution >= 0.6 is 23.1 Å². The largest absolute Gasteiger partial charge is 0.538 e. The summed E-state index contributed by atoms with van der Waals surface area (Å²) in [4.78, 5) is 25.2. The fraction of sp³-hybridized carbons (Fsp3) is 0.167. The molecule has 0 aliphatic heterocycles. The molecule has 1 aromatic carbocycles. The molecule has 3 rings (SSSR count). The number of para-hydroxylation sites is 1. The molecule has 0 spiro atoms. The molecule has 11 heteroatoms. The van der Waals surface area contributed by atoms with Crippen molar-refractivity contribution < 1.29 is 23.9 Å². The molecule has 2 heterocycles. The Hall–Kier alpha value is -3.36. The van der Waals surface area contributed by atoms with E-state index in [2.05, 4.69) is 20.4 Å². The number of thiophene rings is 1. The van der Waals surface area contributed by atoms with Crippen molar-refractivity contribution in [2.24, 2.45) is 7.05 Å². The number of carbonyl (C=O) groups excluding carboxylic acids is 2. The first-order valence-electron chi connectivity index (χ1n) is 8.26. The summed E-state index contributed by atoms with van der Waals surface area (Å²) in [5.74, 6) is -1.51. The molecule has 0 aliphatic rings. The van der Waals surface area contributed by atoms with Gasteiger partial charge in [-0.2, -0.15) is 5.26 Å². The van der Waals surface area contributed by atoms with Crippen LogP contribution in [0.25, 0.3) is 0 Å². The summed E-state index contributed by atoms with van der Waals surface area (Å²) in [6, 6.07) is 11.0. The highest BCUT2D eigenvalue weighted by molar-refractivity contribution is 7.99. The van der Waals surface area contributed by atoms with Crippen LogP contribution in [0.2, 0.25) is 0 Å². The first kappa shape index (κ1) is 20.4. The van der Waals surface area contributed by atoms with E-state index in [9.17, 15) is 20.0 Å².